The number of anilines is 1. The van der Waals surface area contributed by atoms with Crippen molar-refractivity contribution in [3.63, 3.8) is 0 Å². The fourth-order valence-corrected chi connectivity index (χ4v) is 3.28. The van der Waals surface area contributed by atoms with Crippen molar-refractivity contribution in [3.8, 4) is 0 Å². The number of amides is 2. The standard InChI is InChI=1S/C19H14ClF3N4O3S/c20-13-7-24-15(6-12(13)19(21,22)23)27-17(28)14-8-25-16(31-14)9-26-18(29)30-10-11-4-2-1-3-5-11/h1-8H,9-10H2,(H,26,29)(H,24,27,28). The molecule has 3 aromatic rings. The van der Waals surface area contributed by atoms with Gasteiger partial charge in [-0.1, -0.05) is 41.9 Å². The molecule has 0 unspecified atom stereocenters. The van der Waals surface area contributed by atoms with Crippen LogP contribution >= 0.6 is 22.9 Å². The van der Waals surface area contributed by atoms with E-state index in [1.54, 1.807) is 0 Å². The highest BCUT2D eigenvalue weighted by Crippen LogP contribution is 2.35. The fraction of sp³-hybridized carbons (Fsp3) is 0.158. The monoisotopic (exact) mass is 470 g/mol. The van der Waals surface area contributed by atoms with E-state index < -0.39 is 28.8 Å². The van der Waals surface area contributed by atoms with Crippen LogP contribution in [0.4, 0.5) is 23.8 Å². The van der Waals surface area contributed by atoms with E-state index in [9.17, 15) is 22.8 Å². The molecule has 162 valence electrons. The Morgan fingerprint density at radius 2 is 1.87 bits per heavy atom. The van der Waals surface area contributed by atoms with E-state index in [0.29, 0.717) is 11.1 Å². The molecular weight excluding hydrogens is 457 g/mol. The average Bonchev–Trinajstić information content (AvgIpc) is 3.21. The van der Waals surface area contributed by atoms with E-state index >= 15 is 0 Å². The van der Waals surface area contributed by atoms with Crippen LogP contribution in [0.25, 0.3) is 0 Å². The smallest absolute Gasteiger partial charge is 0.418 e. The van der Waals surface area contributed by atoms with E-state index in [-0.39, 0.29) is 23.8 Å². The maximum Gasteiger partial charge on any atom is 0.418 e. The predicted molar refractivity (Wildman–Crippen MR) is 108 cm³/mol. The molecule has 0 aliphatic rings. The van der Waals surface area contributed by atoms with Gasteiger partial charge in [0.15, 0.2) is 0 Å². The SMILES string of the molecule is O=C(NCc1ncc(C(=O)Nc2cc(C(F)(F)F)c(Cl)cn2)s1)OCc1ccccc1. The van der Waals surface area contributed by atoms with Crippen molar-refractivity contribution in [2.45, 2.75) is 19.3 Å². The summed E-state index contributed by atoms with van der Waals surface area (Å²) < 4.78 is 43.8. The van der Waals surface area contributed by atoms with Crippen LogP contribution in [0.5, 0.6) is 0 Å². The number of alkyl carbamates (subject to hydrolysis) is 1. The minimum absolute atomic E-state index is 0.0169. The molecule has 0 aliphatic heterocycles. The Morgan fingerprint density at radius 1 is 1.13 bits per heavy atom. The Bertz CT molecular complexity index is 1080. The summed E-state index contributed by atoms with van der Waals surface area (Å²) in [6, 6.07) is 9.76. The quantitative estimate of drug-likeness (QED) is 0.535. The Morgan fingerprint density at radius 3 is 2.58 bits per heavy atom. The molecule has 1 aromatic carbocycles. The summed E-state index contributed by atoms with van der Waals surface area (Å²) >= 11 is 6.47. The summed E-state index contributed by atoms with van der Waals surface area (Å²) in [5.74, 6) is -1.00. The highest BCUT2D eigenvalue weighted by atomic mass is 35.5. The van der Waals surface area contributed by atoms with E-state index in [2.05, 4.69) is 20.6 Å². The van der Waals surface area contributed by atoms with Crippen molar-refractivity contribution in [1.29, 1.82) is 0 Å². The number of aromatic nitrogens is 2. The Balaban J connectivity index is 1.53. The first kappa shape index (κ1) is 22.5. The number of ether oxygens (including phenoxy) is 1. The number of nitrogens with zero attached hydrogens (tertiary/aromatic N) is 2. The third kappa shape index (κ3) is 6.40. The Hall–Kier alpha value is -3.18. The molecule has 0 saturated heterocycles. The third-order valence-electron chi connectivity index (χ3n) is 3.78. The van der Waals surface area contributed by atoms with Crippen molar-refractivity contribution in [2.24, 2.45) is 0 Å². The molecule has 31 heavy (non-hydrogen) atoms. The minimum atomic E-state index is -4.68. The largest absolute Gasteiger partial charge is 0.445 e. The summed E-state index contributed by atoms with van der Waals surface area (Å²) in [5, 5.41) is 4.60. The van der Waals surface area contributed by atoms with Gasteiger partial charge in [-0.15, -0.1) is 11.3 Å². The molecule has 2 aromatic heterocycles. The molecule has 2 amide bonds. The maximum absolute atomic E-state index is 12.9. The lowest BCUT2D eigenvalue weighted by atomic mass is 10.2. The lowest BCUT2D eigenvalue weighted by molar-refractivity contribution is -0.137. The Kier molecular flexibility index (Phi) is 7.08. The topological polar surface area (TPSA) is 93.2 Å². The average molecular weight is 471 g/mol. The zero-order valence-corrected chi connectivity index (χ0v) is 17.1. The van der Waals surface area contributed by atoms with Crippen LogP contribution < -0.4 is 10.6 Å². The highest BCUT2D eigenvalue weighted by Gasteiger charge is 2.34. The molecule has 0 saturated carbocycles. The fourth-order valence-electron chi connectivity index (χ4n) is 2.32. The van der Waals surface area contributed by atoms with E-state index in [1.165, 1.54) is 6.20 Å². The van der Waals surface area contributed by atoms with Crippen molar-refractivity contribution >= 4 is 40.8 Å². The van der Waals surface area contributed by atoms with Crippen LogP contribution in [-0.2, 0) is 24.1 Å². The number of nitrogens with one attached hydrogen (secondary N) is 2. The first-order valence-electron chi connectivity index (χ1n) is 8.65. The van der Waals surface area contributed by atoms with Gasteiger partial charge in [-0.3, -0.25) is 4.79 Å². The number of hydrogen-bond donors (Lipinski definition) is 2. The number of thiazole rings is 1. The van der Waals surface area contributed by atoms with Gasteiger partial charge in [-0.25, -0.2) is 14.8 Å². The van der Waals surface area contributed by atoms with E-state index in [1.807, 2.05) is 30.3 Å². The number of alkyl halides is 3. The molecule has 2 N–H and O–H groups in total. The molecule has 7 nitrogen and oxygen atoms in total. The third-order valence-corrected chi connectivity index (χ3v) is 5.07. The zero-order valence-electron chi connectivity index (χ0n) is 15.6. The van der Waals surface area contributed by atoms with Crippen LogP contribution in [0.1, 0.15) is 25.8 Å². The van der Waals surface area contributed by atoms with Gasteiger partial charge in [0.05, 0.1) is 23.3 Å². The maximum atomic E-state index is 12.9. The van der Waals surface area contributed by atoms with Crippen LogP contribution in [-0.4, -0.2) is 22.0 Å². The second-order valence-corrected chi connectivity index (χ2v) is 7.56. The lowest BCUT2D eigenvalue weighted by Crippen LogP contribution is -2.23. The summed E-state index contributed by atoms with van der Waals surface area (Å²) in [6.45, 7) is 0.120. The minimum Gasteiger partial charge on any atom is -0.445 e. The van der Waals surface area contributed by atoms with E-state index in [4.69, 9.17) is 16.3 Å². The number of carbonyl (C=O) groups excluding carboxylic acids is 2. The highest BCUT2D eigenvalue weighted by molar-refractivity contribution is 7.13. The summed E-state index contributed by atoms with van der Waals surface area (Å²) in [6.07, 6.45) is -3.29. The number of pyridine rings is 1. The van der Waals surface area contributed by atoms with Gasteiger partial charge < -0.3 is 15.4 Å². The molecule has 0 fully saturated rings. The molecule has 0 spiro atoms. The van der Waals surface area contributed by atoms with Crippen molar-refractivity contribution in [3.05, 3.63) is 74.8 Å². The number of carbonyl (C=O) groups is 2. The van der Waals surface area contributed by atoms with Crippen molar-refractivity contribution < 1.29 is 27.5 Å². The number of halogens is 4. The number of benzene rings is 1. The summed E-state index contributed by atoms with van der Waals surface area (Å²) in [5.41, 5.74) is -0.280. The van der Waals surface area contributed by atoms with Gasteiger partial charge in [-0.2, -0.15) is 13.2 Å². The normalized spacial score (nSPS) is 11.1. The molecule has 0 bridgehead atoms. The van der Waals surface area contributed by atoms with Crippen LogP contribution in [0, 0.1) is 0 Å². The Labute approximate surface area is 183 Å². The van der Waals surface area contributed by atoms with Gasteiger partial charge in [0.25, 0.3) is 5.91 Å². The molecule has 0 aliphatic carbocycles. The molecule has 3 rings (SSSR count). The zero-order chi connectivity index (χ0) is 22.4. The molecular formula is C19H14ClF3N4O3S. The number of rotatable bonds is 6. The number of hydrogen-bond acceptors (Lipinski definition) is 6. The van der Waals surface area contributed by atoms with Crippen LogP contribution in [0.3, 0.4) is 0 Å². The van der Waals surface area contributed by atoms with E-state index in [0.717, 1.165) is 23.1 Å². The summed E-state index contributed by atoms with van der Waals surface area (Å²) in [4.78, 5) is 31.8. The van der Waals surface area contributed by atoms with Gasteiger partial charge in [0.1, 0.15) is 22.3 Å². The first-order valence-corrected chi connectivity index (χ1v) is 9.85. The van der Waals surface area contributed by atoms with Crippen LogP contribution in [0.2, 0.25) is 5.02 Å². The van der Waals surface area contributed by atoms with Gasteiger partial charge >= 0.3 is 12.3 Å². The second-order valence-electron chi connectivity index (χ2n) is 6.03. The lowest BCUT2D eigenvalue weighted by Gasteiger charge is -2.10. The summed E-state index contributed by atoms with van der Waals surface area (Å²) in [7, 11) is 0. The van der Waals surface area contributed by atoms with Gasteiger partial charge in [0.2, 0.25) is 0 Å². The molecule has 12 heteroatoms. The van der Waals surface area contributed by atoms with Gasteiger partial charge in [0, 0.05) is 6.20 Å². The first-order chi connectivity index (χ1) is 14.7. The molecule has 2 heterocycles. The predicted octanol–water partition coefficient (Wildman–Crippen LogP) is 4.89. The second kappa shape index (κ2) is 9.75. The molecule has 0 radical (unpaired) electrons. The van der Waals surface area contributed by atoms with Crippen molar-refractivity contribution in [1.82, 2.24) is 15.3 Å². The van der Waals surface area contributed by atoms with Gasteiger partial charge in [-0.05, 0) is 11.6 Å². The van der Waals surface area contributed by atoms with Crippen LogP contribution in [0.15, 0.2) is 48.8 Å². The molecule has 0 atom stereocenters. The van der Waals surface area contributed by atoms with Crippen molar-refractivity contribution in [2.75, 3.05) is 5.32 Å².